The van der Waals surface area contributed by atoms with Crippen molar-refractivity contribution in [2.45, 2.75) is 32.9 Å². The van der Waals surface area contributed by atoms with Gasteiger partial charge in [-0.1, -0.05) is 55.5 Å². The fourth-order valence-electron chi connectivity index (χ4n) is 2.32. The van der Waals surface area contributed by atoms with E-state index in [1.54, 1.807) is 0 Å². The van der Waals surface area contributed by atoms with Crippen LogP contribution in [0.3, 0.4) is 0 Å². The number of benzene rings is 2. The Morgan fingerprint density at radius 1 is 1.05 bits per heavy atom. The maximum atomic E-state index is 9.59. The van der Waals surface area contributed by atoms with Crippen LogP contribution < -0.4 is 5.32 Å². The summed E-state index contributed by atoms with van der Waals surface area (Å²) in [5.74, 6) is 0. The monoisotopic (exact) mass is 269 g/mol. The first kappa shape index (κ1) is 14.8. The Balaban J connectivity index is 2.03. The smallest absolute Gasteiger partial charge is 0.0626 e. The normalized spacial score (nSPS) is 12.3. The van der Waals surface area contributed by atoms with Gasteiger partial charge in [0.1, 0.15) is 0 Å². The Morgan fingerprint density at radius 2 is 1.75 bits per heavy atom. The van der Waals surface area contributed by atoms with E-state index in [1.807, 2.05) is 12.1 Å². The zero-order chi connectivity index (χ0) is 14.4. The molecule has 2 heteroatoms. The molecule has 0 aromatic heterocycles. The lowest BCUT2D eigenvalue weighted by atomic mass is 10.0. The Kier molecular flexibility index (Phi) is 5.33. The van der Waals surface area contributed by atoms with Crippen molar-refractivity contribution >= 4 is 0 Å². The third kappa shape index (κ3) is 3.69. The molecule has 2 aromatic carbocycles. The molecule has 1 atom stereocenters. The molecule has 0 saturated carbocycles. The van der Waals surface area contributed by atoms with E-state index in [4.69, 9.17) is 0 Å². The third-order valence-electron chi connectivity index (χ3n) is 3.77. The fourth-order valence-corrected chi connectivity index (χ4v) is 2.32. The summed E-state index contributed by atoms with van der Waals surface area (Å²) in [6, 6.07) is 16.8. The van der Waals surface area contributed by atoms with Crippen LogP contribution in [0.4, 0.5) is 0 Å². The van der Waals surface area contributed by atoms with Gasteiger partial charge < -0.3 is 10.4 Å². The van der Waals surface area contributed by atoms with Gasteiger partial charge in [-0.2, -0.15) is 0 Å². The van der Waals surface area contributed by atoms with Crippen molar-refractivity contribution in [3.8, 4) is 0 Å². The molecule has 0 aliphatic heterocycles. The minimum atomic E-state index is -0.0134. The minimum absolute atomic E-state index is 0.0134. The van der Waals surface area contributed by atoms with Crippen LogP contribution in [0.1, 0.15) is 35.2 Å². The summed E-state index contributed by atoms with van der Waals surface area (Å²) >= 11 is 0. The highest BCUT2D eigenvalue weighted by atomic mass is 16.3. The maximum absolute atomic E-state index is 9.59. The van der Waals surface area contributed by atoms with Crippen molar-refractivity contribution < 1.29 is 5.11 Å². The predicted molar refractivity (Wildman–Crippen MR) is 83.7 cm³/mol. The highest BCUT2D eigenvalue weighted by Gasteiger charge is 2.10. The molecule has 0 amide bonds. The van der Waals surface area contributed by atoms with Crippen LogP contribution in [0.15, 0.2) is 48.5 Å². The van der Waals surface area contributed by atoms with Crippen LogP contribution in [-0.4, -0.2) is 11.7 Å². The van der Waals surface area contributed by atoms with Crippen molar-refractivity contribution in [3.05, 3.63) is 70.8 Å². The van der Waals surface area contributed by atoms with Gasteiger partial charge in [0.25, 0.3) is 0 Å². The molecule has 2 rings (SSSR count). The summed E-state index contributed by atoms with van der Waals surface area (Å²) in [7, 11) is 0. The van der Waals surface area contributed by atoms with Gasteiger partial charge in [-0.15, -0.1) is 0 Å². The van der Waals surface area contributed by atoms with Crippen molar-refractivity contribution in [2.24, 2.45) is 0 Å². The SMILES string of the molecule is CCc1ccc(C(CO)NCc2ccccc2C)cc1. The number of aryl methyl sites for hydroxylation is 2. The predicted octanol–water partition coefficient (Wildman–Crippen LogP) is 3.38. The maximum Gasteiger partial charge on any atom is 0.0626 e. The molecule has 0 aliphatic carbocycles. The van der Waals surface area contributed by atoms with Crippen molar-refractivity contribution in [1.82, 2.24) is 5.32 Å². The molecule has 2 N–H and O–H groups in total. The molecule has 20 heavy (non-hydrogen) atoms. The summed E-state index contributed by atoms with van der Waals surface area (Å²) in [5.41, 5.74) is 5.01. The first-order chi connectivity index (χ1) is 9.74. The van der Waals surface area contributed by atoms with Gasteiger partial charge in [-0.25, -0.2) is 0 Å². The number of aliphatic hydroxyl groups is 1. The van der Waals surface area contributed by atoms with E-state index < -0.39 is 0 Å². The molecule has 2 aromatic rings. The van der Waals surface area contributed by atoms with Crippen LogP contribution in [0, 0.1) is 6.92 Å². The molecule has 0 aliphatic rings. The van der Waals surface area contributed by atoms with Crippen molar-refractivity contribution in [1.29, 1.82) is 0 Å². The molecular formula is C18H23NO. The quantitative estimate of drug-likeness (QED) is 0.842. The molecule has 2 nitrogen and oxygen atoms in total. The van der Waals surface area contributed by atoms with E-state index in [0.717, 1.165) is 18.5 Å². The molecule has 0 spiro atoms. The highest BCUT2D eigenvalue weighted by molar-refractivity contribution is 5.27. The van der Waals surface area contributed by atoms with E-state index in [9.17, 15) is 5.11 Å². The highest BCUT2D eigenvalue weighted by Crippen LogP contribution is 2.15. The van der Waals surface area contributed by atoms with Gasteiger partial charge in [-0.3, -0.25) is 0 Å². The first-order valence-electron chi connectivity index (χ1n) is 7.22. The lowest BCUT2D eigenvalue weighted by Crippen LogP contribution is -2.24. The van der Waals surface area contributed by atoms with Crippen molar-refractivity contribution in [3.63, 3.8) is 0 Å². The largest absolute Gasteiger partial charge is 0.394 e. The van der Waals surface area contributed by atoms with Gasteiger partial charge in [-0.05, 0) is 35.6 Å². The lowest BCUT2D eigenvalue weighted by Gasteiger charge is -2.18. The van der Waals surface area contributed by atoms with Crippen LogP contribution in [0.25, 0.3) is 0 Å². The number of aliphatic hydroxyl groups excluding tert-OH is 1. The Bertz CT molecular complexity index is 533. The number of nitrogens with one attached hydrogen (secondary N) is 1. The molecule has 0 bridgehead atoms. The zero-order valence-electron chi connectivity index (χ0n) is 12.3. The second-order valence-electron chi connectivity index (χ2n) is 5.14. The number of hydrogen-bond acceptors (Lipinski definition) is 2. The van der Waals surface area contributed by atoms with Crippen molar-refractivity contribution in [2.75, 3.05) is 6.61 Å². The van der Waals surface area contributed by atoms with Gasteiger partial charge in [0, 0.05) is 6.54 Å². The summed E-state index contributed by atoms with van der Waals surface area (Å²) in [4.78, 5) is 0. The second kappa shape index (κ2) is 7.22. The average Bonchev–Trinajstić information content (AvgIpc) is 2.50. The van der Waals surface area contributed by atoms with Gasteiger partial charge >= 0.3 is 0 Å². The van der Waals surface area contributed by atoms with Crippen LogP contribution >= 0.6 is 0 Å². The summed E-state index contributed by atoms with van der Waals surface area (Å²) in [6.07, 6.45) is 1.04. The van der Waals surface area contributed by atoms with Crippen LogP contribution in [0.2, 0.25) is 0 Å². The van der Waals surface area contributed by atoms with E-state index in [2.05, 4.69) is 55.6 Å². The molecule has 1 unspecified atom stereocenters. The molecule has 0 radical (unpaired) electrons. The van der Waals surface area contributed by atoms with Gasteiger partial charge in [0.05, 0.1) is 12.6 Å². The Hall–Kier alpha value is -1.64. The molecule has 0 heterocycles. The molecule has 106 valence electrons. The molecule has 0 saturated heterocycles. The van der Waals surface area contributed by atoms with Crippen LogP contribution in [-0.2, 0) is 13.0 Å². The summed E-state index contributed by atoms with van der Waals surface area (Å²) < 4.78 is 0. The van der Waals surface area contributed by atoms with E-state index in [1.165, 1.54) is 16.7 Å². The molecule has 0 fully saturated rings. The average molecular weight is 269 g/mol. The van der Waals surface area contributed by atoms with Crippen LogP contribution in [0.5, 0.6) is 0 Å². The fraction of sp³-hybridized carbons (Fsp3) is 0.333. The standard InChI is InChI=1S/C18H23NO/c1-3-15-8-10-16(11-9-15)18(13-20)19-12-17-7-5-4-6-14(17)2/h4-11,18-20H,3,12-13H2,1-2H3. The third-order valence-corrected chi connectivity index (χ3v) is 3.77. The van der Waals surface area contributed by atoms with Gasteiger partial charge in [0.15, 0.2) is 0 Å². The second-order valence-corrected chi connectivity index (χ2v) is 5.14. The van der Waals surface area contributed by atoms with E-state index in [0.29, 0.717) is 0 Å². The Labute approximate surface area is 121 Å². The topological polar surface area (TPSA) is 32.3 Å². The zero-order valence-corrected chi connectivity index (χ0v) is 12.3. The Morgan fingerprint density at radius 3 is 2.35 bits per heavy atom. The molecular weight excluding hydrogens is 246 g/mol. The van der Waals surface area contributed by atoms with E-state index >= 15 is 0 Å². The summed E-state index contributed by atoms with van der Waals surface area (Å²) in [5, 5.41) is 13.0. The first-order valence-corrected chi connectivity index (χ1v) is 7.22. The number of hydrogen-bond donors (Lipinski definition) is 2. The lowest BCUT2D eigenvalue weighted by molar-refractivity contribution is 0.243. The van der Waals surface area contributed by atoms with Gasteiger partial charge in [0.2, 0.25) is 0 Å². The summed E-state index contributed by atoms with van der Waals surface area (Å²) in [6.45, 7) is 5.14. The number of rotatable bonds is 6. The minimum Gasteiger partial charge on any atom is -0.394 e. The van der Waals surface area contributed by atoms with E-state index in [-0.39, 0.29) is 12.6 Å².